The van der Waals surface area contributed by atoms with Crippen LogP contribution >= 0.6 is 12.6 Å². The molecule has 0 aliphatic rings. The van der Waals surface area contributed by atoms with Gasteiger partial charge >= 0.3 is 0 Å². The molecule has 0 bridgehead atoms. The number of hydrogen-bond donors (Lipinski definition) is 3. The van der Waals surface area contributed by atoms with Gasteiger partial charge in [-0.2, -0.15) is 5.10 Å². The largest absolute Gasteiger partial charge is 0.384 e. The number of hydrogen-bond acceptors (Lipinski definition) is 5. The first-order valence-corrected chi connectivity index (χ1v) is 5.81. The van der Waals surface area contributed by atoms with Crippen LogP contribution in [0.5, 0.6) is 0 Å². The Balaban J connectivity index is 4.71. The predicted octanol–water partition coefficient (Wildman–Crippen LogP) is 0.355. The lowest BCUT2D eigenvalue weighted by Crippen LogP contribution is -2.47. The summed E-state index contributed by atoms with van der Waals surface area (Å²) >= 11 is 4.22. The molecule has 0 spiro atoms. The zero-order valence-corrected chi connectivity index (χ0v) is 11.5. The van der Waals surface area contributed by atoms with Crippen LogP contribution in [0, 0.1) is 0 Å². The smallest absolute Gasteiger partial charge is 0.290 e. The fourth-order valence-corrected chi connectivity index (χ4v) is 1.44. The summed E-state index contributed by atoms with van der Waals surface area (Å²) in [4.78, 5) is 11.8. The summed E-state index contributed by atoms with van der Waals surface area (Å²) in [7, 11) is 3.26. The summed E-state index contributed by atoms with van der Waals surface area (Å²) in [6, 6.07) is 0. The molecule has 0 rings (SSSR count). The van der Waals surface area contributed by atoms with E-state index < -0.39 is 0 Å². The predicted molar refractivity (Wildman–Crippen MR) is 73.2 cm³/mol. The Labute approximate surface area is 108 Å². The highest BCUT2D eigenvalue weighted by Crippen LogP contribution is 2.04. The normalized spacial score (nSPS) is 11.0. The molecule has 0 aliphatic carbocycles. The summed E-state index contributed by atoms with van der Waals surface area (Å²) in [5.41, 5.74) is 5.78. The maximum absolute atomic E-state index is 11.8. The van der Waals surface area contributed by atoms with Gasteiger partial charge in [-0.3, -0.25) is 4.79 Å². The molecule has 6 nitrogen and oxygen atoms in total. The van der Waals surface area contributed by atoms with Crippen molar-refractivity contribution >= 4 is 23.6 Å². The van der Waals surface area contributed by atoms with Gasteiger partial charge in [-0.05, 0) is 6.42 Å². The van der Waals surface area contributed by atoms with Crippen LogP contribution in [0.1, 0.15) is 19.8 Å². The topological polar surface area (TPSA) is 74.0 Å². The van der Waals surface area contributed by atoms with Crippen LogP contribution in [0.4, 0.5) is 0 Å². The van der Waals surface area contributed by atoms with Gasteiger partial charge in [-0.15, -0.1) is 12.6 Å². The summed E-state index contributed by atoms with van der Waals surface area (Å²) in [6.45, 7) is 5.64. The van der Waals surface area contributed by atoms with E-state index in [1.807, 2.05) is 6.92 Å². The van der Waals surface area contributed by atoms with E-state index in [1.54, 1.807) is 14.1 Å². The second-order valence-corrected chi connectivity index (χ2v) is 3.89. The molecule has 0 saturated carbocycles. The maximum Gasteiger partial charge on any atom is 0.290 e. The molecule has 98 valence electrons. The second kappa shape index (κ2) is 7.97. The number of amides is 1. The summed E-state index contributed by atoms with van der Waals surface area (Å²) < 4.78 is 0. The third-order valence-electron chi connectivity index (χ3n) is 2.05. The van der Waals surface area contributed by atoms with E-state index in [9.17, 15) is 4.79 Å². The van der Waals surface area contributed by atoms with E-state index in [0.717, 1.165) is 12.8 Å². The van der Waals surface area contributed by atoms with Crippen LogP contribution < -0.4 is 11.1 Å². The molecule has 3 N–H and O–H groups in total. The van der Waals surface area contributed by atoms with Crippen molar-refractivity contribution < 1.29 is 4.79 Å². The number of rotatable bonds is 7. The zero-order chi connectivity index (χ0) is 13.4. The summed E-state index contributed by atoms with van der Waals surface area (Å²) in [5.74, 6) is -0.320. The fourth-order valence-electron chi connectivity index (χ4n) is 1.09. The van der Waals surface area contributed by atoms with Crippen molar-refractivity contribution in [3.63, 3.8) is 0 Å². The Morgan fingerprint density at radius 2 is 2.18 bits per heavy atom. The maximum atomic E-state index is 11.8. The molecule has 0 aromatic carbocycles. The summed E-state index contributed by atoms with van der Waals surface area (Å²) in [5, 5.41) is 10.1. The molecule has 0 unspecified atom stereocenters. The number of carbonyl (C=O) groups is 1. The molecule has 0 aromatic heterocycles. The van der Waals surface area contributed by atoms with Gasteiger partial charge in [0, 0.05) is 14.1 Å². The first kappa shape index (κ1) is 15.8. The zero-order valence-electron chi connectivity index (χ0n) is 10.6. The molecule has 0 atom stereocenters. The van der Waals surface area contributed by atoms with Crippen LogP contribution in [0.3, 0.4) is 0 Å². The standard InChI is InChI=1S/C10H21N5OS/c1-5-6-9(17)13-14(4)15(7-11)10(16)8(2)12-3/h12H,2,5-7,11H2,1,3-4H3,(H,13,17). The van der Waals surface area contributed by atoms with Crippen molar-refractivity contribution in [2.75, 3.05) is 20.8 Å². The average molecular weight is 259 g/mol. The Kier molecular flexibility index (Phi) is 7.40. The highest BCUT2D eigenvalue weighted by atomic mass is 32.1. The molecule has 0 radical (unpaired) electrons. The number of likely N-dealkylation sites (N-methyl/N-ethyl adjacent to an activating group) is 1. The minimum absolute atomic E-state index is 0.0206. The van der Waals surface area contributed by atoms with Crippen molar-refractivity contribution in [3.8, 4) is 0 Å². The van der Waals surface area contributed by atoms with Crippen molar-refractivity contribution in [1.82, 2.24) is 15.4 Å². The van der Waals surface area contributed by atoms with Crippen molar-refractivity contribution in [3.05, 3.63) is 12.3 Å². The highest BCUT2D eigenvalue weighted by Gasteiger charge is 2.18. The monoisotopic (exact) mass is 259 g/mol. The van der Waals surface area contributed by atoms with Crippen LogP contribution in [0.2, 0.25) is 0 Å². The van der Waals surface area contributed by atoms with E-state index >= 15 is 0 Å². The number of nitrogens with two attached hydrogens (primary N) is 1. The summed E-state index contributed by atoms with van der Waals surface area (Å²) in [6.07, 6.45) is 1.70. The van der Waals surface area contributed by atoms with Gasteiger partial charge in [-0.1, -0.05) is 19.9 Å². The lowest BCUT2D eigenvalue weighted by molar-refractivity contribution is -0.142. The molecular formula is C10H21N5OS. The Morgan fingerprint density at radius 3 is 2.59 bits per heavy atom. The minimum Gasteiger partial charge on any atom is -0.384 e. The Bertz CT molecular complexity index is 305. The van der Waals surface area contributed by atoms with E-state index in [1.165, 1.54) is 10.1 Å². The first-order chi connectivity index (χ1) is 7.97. The molecule has 0 aliphatic heterocycles. The first-order valence-electron chi connectivity index (χ1n) is 5.36. The van der Waals surface area contributed by atoms with E-state index in [2.05, 4.69) is 29.6 Å². The van der Waals surface area contributed by atoms with Gasteiger partial charge in [0.2, 0.25) is 0 Å². The third kappa shape index (κ3) is 5.10. The molecule has 0 aromatic rings. The molecule has 17 heavy (non-hydrogen) atoms. The molecule has 0 heterocycles. The van der Waals surface area contributed by atoms with Crippen LogP contribution in [0.25, 0.3) is 0 Å². The lowest BCUT2D eigenvalue weighted by Gasteiger charge is -2.28. The number of nitrogens with one attached hydrogen (secondary N) is 1. The van der Waals surface area contributed by atoms with Gasteiger partial charge in [0.15, 0.2) is 0 Å². The molecular weight excluding hydrogens is 238 g/mol. The molecule has 0 saturated heterocycles. The minimum atomic E-state index is -0.320. The van der Waals surface area contributed by atoms with E-state index in [4.69, 9.17) is 5.73 Å². The van der Waals surface area contributed by atoms with Crippen molar-refractivity contribution in [2.24, 2.45) is 10.8 Å². The van der Waals surface area contributed by atoms with Crippen LogP contribution in [-0.2, 0) is 4.79 Å². The van der Waals surface area contributed by atoms with Gasteiger partial charge in [0.05, 0.1) is 17.4 Å². The number of nitrogens with zero attached hydrogens (tertiary/aromatic N) is 3. The lowest BCUT2D eigenvalue weighted by atomic mass is 10.4. The number of thiol groups is 1. The van der Waals surface area contributed by atoms with Crippen molar-refractivity contribution in [1.29, 1.82) is 0 Å². The number of hydrazine groups is 1. The Hall–Kier alpha value is -1.21. The van der Waals surface area contributed by atoms with Gasteiger partial charge < -0.3 is 11.1 Å². The van der Waals surface area contributed by atoms with Crippen LogP contribution in [-0.4, -0.2) is 41.8 Å². The van der Waals surface area contributed by atoms with Gasteiger partial charge in [0.25, 0.3) is 5.91 Å². The quantitative estimate of drug-likeness (QED) is 0.154. The molecule has 1 amide bonds. The molecule has 0 fully saturated rings. The second-order valence-electron chi connectivity index (χ2n) is 3.37. The number of hydrazone groups is 1. The fraction of sp³-hybridized carbons (Fsp3) is 0.600. The average Bonchev–Trinajstić information content (AvgIpc) is 2.28. The molecule has 7 heteroatoms. The SMILES string of the molecule is C=C(NC)C(=O)N(CN)N(C)/N=C(\S)CCC. The third-order valence-corrected chi connectivity index (χ3v) is 2.36. The van der Waals surface area contributed by atoms with Crippen LogP contribution in [0.15, 0.2) is 17.4 Å². The Morgan fingerprint density at radius 1 is 1.59 bits per heavy atom. The van der Waals surface area contributed by atoms with Crippen molar-refractivity contribution in [2.45, 2.75) is 19.8 Å². The van der Waals surface area contributed by atoms with Gasteiger partial charge in [-0.25, -0.2) is 10.1 Å². The highest BCUT2D eigenvalue weighted by molar-refractivity contribution is 7.97. The van der Waals surface area contributed by atoms with Gasteiger partial charge in [0.1, 0.15) is 0 Å². The van der Waals surface area contributed by atoms with E-state index in [0.29, 0.717) is 5.04 Å². The number of carbonyl (C=O) groups excluding carboxylic acids is 1. The van der Waals surface area contributed by atoms with E-state index in [-0.39, 0.29) is 18.3 Å².